The van der Waals surface area contributed by atoms with Crippen LogP contribution >= 0.6 is 0 Å². The minimum atomic E-state index is -0.0224. The third-order valence-electron chi connectivity index (χ3n) is 2.63. The van der Waals surface area contributed by atoms with E-state index in [1.165, 1.54) is 6.92 Å². The second kappa shape index (κ2) is 5.07. The van der Waals surface area contributed by atoms with Gasteiger partial charge in [0.15, 0.2) is 5.78 Å². The van der Waals surface area contributed by atoms with Gasteiger partial charge < -0.3 is 9.47 Å². The second-order valence-electron chi connectivity index (χ2n) is 3.95. The van der Waals surface area contributed by atoms with Crippen LogP contribution in [0, 0.1) is 5.92 Å². The molecule has 1 fully saturated rings. The monoisotopic (exact) mass is 221 g/mol. The van der Waals surface area contributed by atoms with Crippen molar-refractivity contribution in [2.45, 2.75) is 13.3 Å². The lowest BCUT2D eigenvalue weighted by molar-refractivity contribution is 0.101. The summed E-state index contributed by atoms with van der Waals surface area (Å²) in [5.74, 6) is 0.828. The molecule has 0 spiro atoms. The molecule has 0 bridgehead atoms. The summed E-state index contributed by atoms with van der Waals surface area (Å²) in [7, 11) is 0. The van der Waals surface area contributed by atoms with Gasteiger partial charge in [-0.2, -0.15) is 0 Å². The molecule has 1 unspecified atom stereocenters. The van der Waals surface area contributed by atoms with E-state index in [0.29, 0.717) is 24.0 Å². The van der Waals surface area contributed by atoms with E-state index in [1.54, 1.807) is 18.3 Å². The number of ketones is 1. The third-order valence-corrected chi connectivity index (χ3v) is 2.63. The largest absolute Gasteiger partial charge is 0.477 e. The first kappa shape index (κ1) is 11.1. The molecule has 1 saturated heterocycles. The van der Waals surface area contributed by atoms with Crippen LogP contribution in [0.4, 0.5) is 0 Å². The lowest BCUT2D eigenvalue weighted by atomic mass is 10.1. The van der Waals surface area contributed by atoms with Crippen molar-refractivity contribution in [2.75, 3.05) is 19.8 Å². The van der Waals surface area contributed by atoms with Gasteiger partial charge in [-0.05, 0) is 25.5 Å². The molecule has 16 heavy (non-hydrogen) atoms. The van der Waals surface area contributed by atoms with Crippen LogP contribution < -0.4 is 4.74 Å². The number of nitrogens with zero attached hydrogens (tertiary/aromatic N) is 1. The first-order chi connectivity index (χ1) is 7.77. The van der Waals surface area contributed by atoms with Crippen molar-refractivity contribution in [1.29, 1.82) is 0 Å². The number of Topliss-reactive ketones (excluding diaryl/α,β-unsaturated/α-hetero) is 1. The van der Waals surface area contributed by atoms with Crippen molar-refractivity contribution in [3.05, 3.63) is 23.9 Å². The van der Waals surface area contributed by atoms with Crippen molar-refractivity contribution in [1.82, 2.24) is 4.98 Å². The zero-order valence-corrected chi connectivity index (χ0v) is 9.31. The Morgan fingerprint density at radius 1 is 1.69 bits per heavy atom. The number of aromatic nitrogens is 1. The van der Waals surface area contributed by atoms with Crippen LogP contribution in [-0.4, -0.2) is 30.6 Å². The molecular formula is C12H15NO3. The molecule has 1 aliphatic heterocycles. The highest BCUT2D eigenvalue weighted by atomic mass is 16.5. The summed E-state index contributed by atoms with van der Waals surface area (Å²) >= 11 is 0. The average Bonchev–Trinajstić information content (AvgIpc) is 2.79. The standard InChI is InChI=1S/C12H15NO3/c1-9(14)11-3-2-5-13-12(11)16-8-10-4-6-15-7-10/h2-3,5,10H,4,6-8H2,1H3. The van der Waals surface area contributed by atoms with Crippen LogP contribution in [0.5, 0.6) is 5.88 Å². The summed E-state index contributed by atoms with van der Waals surface area (Å²) in [4.78, 5) is 15.4. The molecule has 1 aromatic heterocycles. The Kier molecular flexibility index (Phi) is 3.51. The van der Waals surface area contributed by atoms with Gasteiger partial charge in [-0.3, -0.25) is 4.79 Å². The number of ether oxygens (including phenoxy) is 2. The van der Waals surface area contributed by atoms with Gasteiger partial charge in [-0.15, -0.1) is 0 Å². The first-order valence-electron chi connectivity index (χ1n) is 5.44. The molecule has 0 radical (unpaired) electrons. The number of pyridine rings is 1. The van der Waals surface area contributed by atoms with E-state index in [-0.39, 0.29) is 5.78 Å². The zero-order chi connectivity index (χ0) is 11.4. The molecule has 1 aromatic rings. The maximum atomic E-state index is 11.3. The van der Waals surface area contributed by atoms with Gasteiger partial charge in [0, 0.05) is 18.7 Å². The van der Waals surface area contributed by atoms with Gasteiger partial charge in [0.25, 0.3) is 0 Å². The smallest absolute Gasteiger partial charge is 0.224 e. The highest BCUT2D eigenvalue weighted by Gasteiger charge is 2.17. The summed E-state index contributed by atoms with van der Waals surface area (Å²) in [5.41, 5.74) is 0.543. The van der Waals surface area contributed by atoms with E-state index in [4.69, 9.17) is 9.47 Å². The van der Waals surface area contributed by atoms with Crippen LogP contribution in [0.2, 0.25) is 0 Å². The Labute approximate surface area is 94.6 Å². The highest BCUT2D eigenvalue weighted by molar-refractivity contribution is 5.96. The van der Waals surface area contributed by atoms with E-state index >= 15 is 0 Å². The normalized spacial score (nSPS) is 19.7. The summed E-state index contributed by atoms with van der Waals surface area (Å²) in [5, 5.41) is 0. The number of hydrogen-bond acceptors (Lipinski definition) is 4. The molecule has 0 aromatic carbocycles. The predicted molar refractivity (Wildman–Crippen MR) is 58.7 cm³/mol. The Hall–Kier alpha value is -1.42. The van der Waals surface area contributed by atoms with Crippen molar-refractivity contribution in [2.24, 2.45) is 5.92 Å². The Morgan fingerprint density at radius 3 is 3.25 bits per heavy atom. The molecule has 0 aliphatic carbocycles. The summed E-state index contributed by atoms with van der Waals surface area (Å²) < 4.78 is 10.8. The Morgan fingerprint density at radius 2 is 2.56 bits per heavy atom. The molecule has 2 rings (SSSR count). The quantitative estimate of drug-likeness (QED) is 0.726. The maximum Gasteiger partial charge on any atom is 0.224 e. The summed E-state index contributed by atoms with van der Waals surface area (Å²) in [6, 6.07) is 3.47. The third kappa shape index (κ3) is 2.58. The molecule has 0 N–H and O–H groups in total. The molecule has 4 nitrogen and oxygen atoms in total. The zero-order valence-electron chi connectivity index (χ0n) is 9.31. The second-order valence-corrected chi connectivity index (χ2v) is 3.95. The number of carbonyl (C=O) groups excluding carboxylic acids is 1. The lowest BCUT2D eigenvalue weighted by Crippen LogP contribution is -2.13. The number of rotatable bonds is 4. The van der Waals surface area contributed by atoms with Crippen molar-refractivity contribution < 1.29 is 14.3 Å². The Balaban J connectivity index is 2.00. The van der Waals surface area contributed by atoms with Gasteiger partial charge >= 0.3 is 0 Å². The van der Waals surface area contributed by atoms with Crippen LogP contribution in [0.15, 0.2) is 18.3 Å². The van der Waals surface area contributed by atoms with E-state index < -0.39 is 0 Å². The van der Waals surface area contributed by atoms with Gasteiger partial charge in [0.2, 0.25) is 5.88 Å². The van der Waals surface area contributed by atoms with Crippen LogP contribution in [0.25, 0.3) is 0 Å². The molecule has 1 aliphatic rings. The topological polar surface area (TPSA) is 48.4 Å². The van der Waals surface area contributed by atoms with Gasteiger partial charge in [0.05, 0.1) is 18.8 Å². The number of carbonyl (C=O) groups is 1. The molecule has 86 valence electrons. The van der Waals surface area contributed by atoms with E-state index in [1.807, 2.05) is 0 Å². The SMILES string of the molecule is CC(=O)c1cccnc1OCC1CCOC1. The highest BCUT2D eigenvalue weighted by Crippen LogP contribution is 2.18. The van der Waals surface area contributed by atoms with Crippen LogP contribution in [0.3, 0.4) is 0 Å². The molecular weight excluding hydrogens is 206 g/mol. The van der Waals surface area contributed by atoms with Crippen molar-refractivity contribution in [3.8, 4) is 5.88 Å². The molecule has 4 heteroatoms. The first-order valence-corrected chi connectivity index (χ1v) is 5.44. The molecule has 2 heterocycles. The molecule has 1 atom stereocenters. The minimum absolute atomic E-state index is 0.0224. The lowest BCUT2D eigenvalue weighted by Gasteiger charge is -2.11. The van der Waals surface area contributed by atoms with Crippen molar-refractivity contribution in [3.63, 3.8) is 0 Å². The van der Waals surface area contributed by atoms with Crippen LogP contribution in [-0.2, 0) is 4.74 Å². The fourth-order valence-electron chi connectivity index (χ4n) is 1.69. The van der Waals surface area contributed by atoms with Gasteiger partial charge in [-0.25, -0.2) is 4.98 Å². The summed E-state index contributed by atoms with van der Waals surface area (Å²) in [6.07, 6.45) is 2.65. The van der Waals surface area contributed by atoms with Crippen LogP contribution in [0.1, 0.15) is 23.7 Å². The van der Waals surface area contributed by atoms with Gasteiger partial charge in [-0.1, -0.05) is 0 Å². The van der Waals surface area contributed by atoms with Crippen molar-refractivity contribution >= 4 is 5.78 Å². The van der Waals surface area contributed by atoms with E-state index in [0.717, 1.165) is 19.6 Å². The Bertz CT molecular complexity index is 372. The predicted octanol–water partition coefficient (Wildman–Crippen LogP) is 1.70. The van der Waals surface area contributed by atoms with E-state index in [2.05, 4.69) is 4.98 Å². The summed E-state index contributed by atoms with van der Waals surface area (Å²) in [6.45, 7) is 3.62. The fourth-order valence-corrected chi connectivity index (χ4v) is 1.69. The fraction of sp³-hybridized carbons (Fsp3) is 0.500. The minimum Gasteiger partial charge on any atom is -0.477 e. The van der Waals surface area contributed by atoms with Gasteiger partial charge in [0.1, 0.15) is 0 Å². The number of hydrogen-bond donors (Lipinski definition) is 0. The maximum absolute atomic E-state index is 11.3. The molecule has 0 amide bonds. The average molecular weight is 221 g/mol. The van der Waals surface area contributed by atoms with E-state index in [9.17, 15) is 4.79 Å². The molecule has 0 saturated carbocycles.